The maximum atomic E-state index is 12.6. The zero-order valence-corrected chi connectivity index (χ0v) is 11.4. The fourth-order valence-electron chi connectivity index (χ4n) is 2.63. The molecule has 1 aromatic carbocycles. The van der Waals surface area contributed by atoms with Gasteiger partial charge < -0.3 is 10.6 Å². The fraction of sp³-hybridized carbons (Fsp3) is 0.533. The second-order valence-corrected chi connectivity index (χ2v) is 5.45. The van der Waals surface area contributed by atoms with Crippen LogP contribution in [0.15, 0.2) is 18.2 Å². The van der Waals surface area contributed by atoms with Gasteiger partial charge in [-0.3, -0.25) is 4.79 Å². The van der Waals surface area contributed by atoms with Crippen LogP contribution in [0.1, 0.15) is 41.3 Å². The Morgan fingerprint density at radius 2 is 2.11 bits per heavy atom. The van der Waals surface area contributed by atoms with Crippen molar-refractivity contribution < 1.29 is 4.79 Å². The van der Waals surface area contributed by atoms with Crippen LogP contribution in [-0.2, 0) is 0 Å². The summed E-state index contributed by atoms with van der Waals surface area (Å²) >= 11 is 0. The van der Waals surface area contributed by atoms with E-state index in [0.717, 1.165) is 36.1 Å². The smallest absolute Gasteiger partial charge is 0.254 e. The molecule has 1 aromatic rings. The monoisotopic (exact) mass is 246 g/mol. The Labute approximate surface area is 109 Å². The summed E-state index contributed by atoms with van der Waals surface area (Å²) in [5, 5.41) is 0. The summed E-state index contributed by atoms with van der Waals surface area (Å²) in [6.07, 6.45) is 1.80. The van der Waals surface area contributed by atoms with Crippen LogP contribution in [0.25, 0.3) is 0 Å². The first-order valence-electron chi connectivity index (χ1n) is 6.63. The van der Waals surface area contributed by atoms with E-state index in [1.165, 1.54) is 0 Å². The second kappa shape index (κ2) is 5.11. The third-order valence-corrected chi connectivity index (χ3v) is 3.80. The number of aryl methyl sites for hydroxylation is 2. The van der Waals surface area contributed by atoms with Gasteiger partial charge in [0.05, 0.1) is 0 Å². The number of nitrogens with zero attached hydrogens (tertiary/aromatic N) is 1. The van der Waals surface area contributed by atoms with Crippen molar-refractivity contribution in [1.29, 1.82) is 0 Å². The SMILES string of the molecule is Cc1ccc(C)c(C(=O)N2CCC(N)CC2C)c1. The molecule has 3 nitrogen and oxygen atoms in total. The molecular formula is C15H22N2O. The molecule has 18 heavy (non-hydrogen) atoms. The summed E-state index contributed by atoms with van der Waals surface area (Å²) in [5.74, 6) is 0.149. The molecule has 0 bridgehead atoms. The van der Waals surface area contributed by atoms with Gasteiger partial charge in [-0.15, -0.1) is 0 Å². The normalized spacial score (nSPS) is 24.1. The average Bonchev–Trinajstić information content (AvgIpc) is 2.31. The Bertz CT molecular complexity index is 456. The summed E-state index contributed by atoms with van der Waals surface area (Å²) in [4.78, 5) is 14.5. The van der Waals surface area contributed by atoms with Crippen LogP contribution in [0, 0.1) is 13.8 Å². The van der Waals surface area contributed by atoms with Crippen molar-refractivity contribution in [3.8, 4) is 0 Å². The van der Waals surface area contributed by atoms with Gasteiger partial charge in [0.15, 0.2) is 0 Å². The Kier molecular flexibility index (Phi) is 3.71. The molecule has 1 fully saturated rings. The van der Waals surface area contributed by atoms with E-state index in [-0.39, 0.29) is 18.0 Å². The molecule has 98 valence electrons. The lowest BCUT2D eigenvalue weighted by molar-refractivity contribution is 0.0618. The summed E-state index contributed by atoms with van der Waals surface area (Å²) < 4.78 is 0. The number of hydrogen-bond donors (Lipinski definition) is 1. The van der Waals surface area contributed by atoms with Gasteiger partial charge in [0.1, 0.15) is 0 Å². The lowest BCUT2D eigenvalue weighted by Crippen LogP contribution is -2.48. The van der Waals surface area contributed by atoms with E-state index in [9.17, 15) is 4.79 Å². The first kappa shape index (κ1) is 13.1. The molecule has 1 aliphatic rings. The molecule has 1 saturated heterocycles. The Hall–Kier alpha value is -1.35. The average molecular weight is 246 g/mol. The summed E-state index contributed by atoms with van der Waals surface area (Å²) in [6.45, 7) is 6.87. The van der Waals surface area contributed by atoms with E-state index in [2.05, 4.69) is 6.92 Å². The van der Waals surface area contributed by atoms with Crippen LogP contribution < -0.4 is 5.73 Å². The Morgan fingerprint density at radius 1 is 1.39 bits per heavy atom. The molecule has 1 aliphatic heterocycles. The second-order valence-electron chi connectivity index (χ2n) is 5.45. The van der Waals surface area contributed by atoms with Crippen LogP contribution in [0.3, 0.4) is 0 Å². The van der Waals surface area contributed by atoms with E-state index in [1.54, 1.807) is 0 Å². The van der Waals surface area contributed by atoms with E-state index in [1.807, 2.05) is 36.9 Å². The molecule has 2 atom stereocenters. The number of piperidine rings is 1. The Balaban J connectivity index is 2.23. The number of carbonyl (C=O) groups is 1. The molecule has 0 spiro atoms. The highest BCUT2D eigenvalue weighted by atomic mass is 16.2. The molecule has 2 rings (SSSR count). The van der Waals surface area contributed by atoms with Crippen molar-refractivity contribution in [1.82, 2.24) is 4.90 Å². The lowest BCUT2D eigenvalue weighted by atomic mass is 9.97. The number of hydrogen-bond acceptors (Lipinski definition) is 2. The zero-order valence-electron chi connectivity index (χ0n) is 11.4. The van der Waals surface area contributed by atoms with Crippen molar-refractivity contribution in [3.63, 3.8) is 0 Å². The van der Waals surface area contributed by atoms with Crippen molar-refractivity contribution in [2.24, 2.45) is 5.73 Å². The zero-order chi connectivity index (χ0) is 13.3. The highest BCUT2D eigenvalue weighted by Crippen LogP contribution is 2.21. The molecule has 0 saturated carbocycles. The first-order chi connectivity index (χ1) is 8.49. The van der Waals surface area contributed by atoms with Crippen molar-refractivity contribution >= 4 is 5.91 Å². The molecule has 0 aromatic heterocycles. The van der Waals surface area contributed by atoms with Gasteiger partial charge in [-0.1, -0.05) is 17.7 Å². The van der Waals surface area contributed by atoms with Crippen LogP contribution >= 0.6 is 0 Å². The number of nitrogens with two attached hydrogens (primary N) is 1. The predicted molar refractivity (Wildman–Crippen MR) is 73.6 cm³/mol. The van der Waals surface area contributed by atoms with Crippen LogP contribution in [0.4, 0.5) is 0 Å². The van der Waals surface area contributed by atoms with Gasteiger partial charge in [0.25, 0.3) is 5.91 Å². The highest BCUT2D eigenvalue weighted by molar-refractivity contribution is 5.96. The molecule has 2 unspecified atom stereocenters. The number of benzene rings is 1. The maximum absolute atomic E-state index is 12.6. The fourth-order valence-corrected chi connectivity index (χ4v) is 2.63. The van der Waals surface area contributed by atoms with E-state index < -0.39 is 0 Å². The molecule has 3 heteroatoms. The van der Waals surface area contributed by atoms with E-state index in [4.69, 9.17) is 5.73 Å². The molecule has 2 N–H and O–H groups in total. The topological polar surface area (TPSA) is 46.3 Å². The largest absolute Gasteiger partial charge is 0.336 e. The van der Waals surface area contributed by atoms with Gasteiger partial charge >= 0.3 is 0 Å². The van der Waals surface area contributed by atoms with Gasteiger partial charge in [-0.25, -0.2) is 0 Å². The number of carbonyl (C=O) groups excluding carboxylic acids is 1. The maximum Gasteiger partial charge on any atom is 0.254 e. The van der Waals surface area contributed by atoms with Gasteiger partial charge in [-0.05, 0) is 45.2 Å². The first-order valence-corrected chi connectivity index (χ1v) is 6.63. The molecule has 1 heterocycles. The number of amides is 1. The minimum Gasteiger partial charge on any atom is -0.336 e. The summed E-state index contributed by atoms with van der Waals surface area (Å²) in [7, 11) is 0. The highest BCUT2D eigenvalue weighted by Gasteiger charge is 2.28. The predicted octanol–water partition coefficient (Wildman–Crippen LogP) is 2.26. The van der Waals surface area contributed by atoms with E-state index >= 15 is 0 Å². The molecule has 1 amide bonds. The number of rotatable bonds is 1. The van der Waals surface area contributed by atoms with Crippen molar-refractivity contribution in [3.05, 3.63) is 34.9 Å². The summed E-state index contributed by atoms with van der Waals surface area (Å²) in [5.41, 5.74) is 8.95. The molecular weight excluding hydrogens is 224 g/mol. The van der Waals surface area contributed by atoms with Crippen LogP contribution in [-0.4, -0.2) is 29.4 Å². The minimum atomic E-state index is 0.149. The van der Waals surface area contributed by atoms with Crippen molar-refractivity contribution in [2.45, 2.75) is 45.7 Å². The van der Waals surface area contributed by atoms with Gasteiger partial charge in [-0.2, -0.15) is 0 Å². The van der Waals surface area contributed by atoms with Crippen molar-refractivity contribution in [2.75, 3.05) is 6.54 Å². The van der Waals surface area contributed by atoms with E-state index in [0.29, 0.717) is 0 Å². The van der Waals surface area contributed by atoms with Gasteiger partial charge in [0, 0.05) is 24.2 Å². The number of likely N-dealkylation sites (tertiary alicyclic amines) is 1. The summed E-state index contributed by atoms with van der Waals surface area (Å²) in [6, 6.07) is 6.52. The molecule has 0 aliphatic carbocycles. The van der Waals surface area contributed by atoms with Crippen LogP contribution in [0.5, 0.6) is 0 Å². The standard InChI is InChI=1S/C15H22N2O/c1-10-4-5-11(2)14(8-10)15(18)17-7-6-13(16)9-12(17)3/h4-5,8,12-13H,6-7,9,16H2,1-3H3. The third-order valence-electron chi connectivity index (χ3n) is 3.80. The molecule has 0 radical (unpaired) electrons. The quantitative estimate of drug-likeness (QED) is 0.826. The van der Waals surface area contributed by atoms with Crippen LogP contribution in [0.2, 0.25) is 0 Å². The minimum absolute atomic E-state index is 0.149. The Morgan fingerprint density at radius 3 is 2.78 bits per heavy atom. The third kappa shape index (κ3) is 2.56. The van der Waals surface area contributed by atoms with Gasteiger partial charge in [0.2, 0.25) is 0 Å². The lowest BCUT2D eigenvalue weighted by Gasteiger charge is -2.36.